The van der Waals surface area contributed by atoms with Crippen molar-refractivity contribution in [2.75, 3.05) is 7.11 Å². The second kappa shape index (κ2) is 16.6. The fourth-order valence-electron chi connectivity index (χ4n) is 7.14. The van der Waals surface area contributed by atoms with E-state index in [-0.39, 0.29) is 5.56 Å². The first-order valence-corrected chi connectivity index (χ1v) is 18.7. The second-order valence-electron chi connectivity index (χ2n) is 13.8. The van der Waals surface area contributed by atoms with E-state index in [0.29, 0.717) is 11.4 Å². The van der Waals surface area contributed by atoms with E-state index in [1.54, 1.807) is 19.2 Å². The van der Waals surface area contributed by atoms with Crippen molar-refractivity contribution in [1.29, 1.82) is 0 Å². The van der Waals surface area contributed by atoms with Crippen molar-refractivity contribution in [3.05, 3.63) is 204 Å². The van der Waals surface area contributed by atoms with E-state index >= 15 is 0 Å². The van der Waals surface area contributed by atoms with Crippen molar-refractivity contribution in [2.45, 2.75) is 32.5 Å². The molecule has 0 aliphatic carbocycles. The zero-order valence-corrected chi connectivity index (χ0v) is 30.8. The third-order valence-corrected chi connectivity index (χ3v) is 10.1. The minimum atomic E-state index is -2.20. The maximum Gasteiger partial charge on any atom is 0.127 e. The van der Waals surface area contributed by atoms with Gasteiger partial charge in [-0.3, -0.25) is 15.0 Å². The van der Waals surface area contributed by atoms with Gasteiger partial charge in [0.25, 0.3) is 0 Å². The van der Waals surface area contributed by atoms with Crippen molar-refractivity contribution >= 4 is 0 Å². The average Bonchev–Trinajstić information content (AvgIpc) is 3.28. The van der Waals surface area contributed by atoms with E-state index in [2.05, 4.69) is 112 Å². The standard InChI is InChI=1S/C51H43N3O/c1-36-13-28-50(54-35-36)43-26-27-47(51(34-43)55-2)46-10-4-3-9-45(46)44-32-39(16-14-37-18-22-41(23-19-37)48-11-5-7-29-52-48)31-40(33-44)17-15-38-20-24-42(25-21-38)49-12-6-8-30-53-49/h3-13,18-35H,14-17H2,1-2H3/i1D3. The Labute approximate surface area is 328 Å². The maximum absolute atomic E-state index is 7.72. The molecular weight excluding hydrogens is 671 g/mol. The van der Waals surface area contributed by atoms with Gasteiger partial charge < -0.3 is 4.74 Å². The van der Waals surface area contributed by atoms with Gasteiger partial charge in [-0.05, 0) is 120 Å². The molecule has 4 nitrogen and oxygen atoms in total. The van der Waals surface area contributed by atoms with E-state index in [4.69, 9.17) is 8.85 Å². The van der Waals surface area contributed by atoms with Gasteiger partial charge in [-0.25, -0.2) is 0 Å². The molecule has 0 spiro atoms. The fourth-order valence-corrected chi connectivity index (χ4v) is 7.14. The Kier molecular flexibility index (Phi) is 9.59. The number of benzene rings is 5. The van der Waals surface area contributed by atoms with Gasteiger partial charge in [-0.2, -0.15) is 0 Å². The number of nitrogens with zero attached hydrogens (tertiary/aromatic N) is 3. The van der Waals surface area contributed by atoms with E-state index in [1.807, 2.05) is 60.9 Å². The van der Waals surface area contributed by atoms with Crippen molar-refractivity contribution in [1.82, 2.24) is 15.0 Å². The van der Waals surface area contributed by atoms with Crippen LogP contribution in [-0.2, 0) is 25.7 Å². The number of methoxy groups -OCH3 is 1. The quantitative estimate of drug-likeness (QED) is 0.126. The summed E-state index contributed by atoms with van der Waals surface area (Å²) >= 11 is 0. The number of rotatable bonds is 12. The Morgan fingerprint density at radius 2 is 0.982 bits per heavy atom. The number of ether oxygens (including phenoxy) is 1. The summed E-state index contributed by atoms with van der Waals surface area (Å²) in [5, 5.41) is 0. The van der Waals surface area contributed by atoms with Crippen molar-refractivity contribution in [2.24, 2.45) is 0 Å². The third-order valence-electron chi connectivity index (χ3n) is 10.1. The largest absolute Gasteiger partial charge is 0.496 e. The summed E-state index contributed by atoms with van der Waals surface area (Å²) in [6.45, 7) is -2.20. The molecule has 0 aliphatic rings. The highest BCUT2D eigenvalue weighted by Crippen LogP contribution is 2.40. The molecule has 3 aromatic heterocycles. The molecule has 0 unspecified atom stereocenters. The van der Waals surface area contributed by atoms with E-state index in [1.165, 1.54) is 28.5 Å². The first kappa shape index (κ1) is 31.8. The molecule has 8 rings (SSSR count). The van der Waals surface area contributed by atoms with Gasteiger partial charge in [0.2, 0.25) is 0 Å². The first-order chi connectivity index (χ1) is 28.3. The van der Waals surface area contributed by atoms with Crippen LogP contribution in [0.4, 0.5) is 0 Å². The van der Waals surface area contributed by atoms with Crippen LogP contribution >= 0.6 is 0 Å². The lowest BCUT2D eigenvalue weighted by Gasteiger charge is -2.17. The Hall–Kier alpha value is -6.65. The number of aryl methyl sites for hydroxylation is 5. The average molecular weight is 717 g/mol. The van der Waals surface area contributed by atoms with E-state index in [9.17, 15) is 0 Å². The molecule has 0 radical (unpaired) electrons. The zero-order chi connectivity index (χ0) is 39.9. The lowest BCUT2D eigenvalue weighted by Crippen LogP contribution is -1.98. The van der Waals surface area contributed by atoms with Crippen LogP contribution in [0.2, 0.25) is 0 Å². The minimum Gasteiger partial charge on any atom is -0.496 e. The van der Waals surface area contributed by atoms with Crippen molar-refractivity contribution in [3.63, 3.8) is 0 Å². The Morgan fingerprint density at radius 3 is 1.51 bits per heavy atom. The minimum absolute atomic E-state index is 0.215. The van der Waals surface area contributed by atoms with Gasteiger partial charge in [0, 0.05) is 45.0 Å². The normalized spacial score (nSPS) is 12.1. The molecule has 0 aliphatic heterocycles. The SMILES string of the molecule is [2H]C([2H])([2H])c1ccc(-c2ccc(-c3ccccc3-c3cc(CCc4ccc(-c5ccccn5)cc4)cc(CCc4ccc(-c5ccccn5)cc4)c3)c(OC)c2)nc1. The maximum atomic E-state index is 7.72. The van der Waals surface area contributed by atoms with Gasteiger partial charge in [0.05, 0.1) is 24.2 Å². The summed E-state index contributed by atoms with van der Waals surface area (Å²) in [7, 11) is 1.68. The van der Waals surface area contributed by atoms with Crippen LogP contribution in [-0.4, -0.2) is 22.1 Å². The van der Waals surface area contributed by atoms with Gasteiger partial charge in [0.1, 0.15) is 5.75 Å². The summed E-state index contributed by atoms with van der Waals surface area (Å²) in [5.41, 5.74) is 15.4. The third kappa shape index (κ3) is 8.45. The fraction of sp³-hybridized carbons (Fsp3) is 0.118. The summed E-state index contributed by atoms with van der Waals surface area (Å²) in [6, 6.07) is 54.5. The summed E-state index contributed by atoms with van der Waals surface area (Å²) in [5.74, 6) is 0.714. The predicted octanol–water partition coefficient (Wildman–Crippen LogP) is 12.1. The highest BCUT2D eigenvalue weighted by Gasteiger charge is 2.15. The number of pyridine rings is 3. The molecule has 268 valence electrons. The van der Waals surface area contributed by atoms with Gasteiger partial charge in [-0.1, -0.05) is 115 Å². The second-order valence-corrected chi connectivity index (χ2v) is 13.8. The summed E-state index contributed by atoms with van der Waals surface area (Å²) < 4.78 is 29.1. The molecular formula is C51H43N3O. The summed E-state index contributed by atoms with van der Waals surface area (Å²) in [6.07, 6.45) is 8.72. The van der Waals surface area contributed by atoms with Crippen LogP contribution in [0, 0.1) is 6.85 Å². The van der Waals surface area contributed by atoms with Crippen LogP contribution < -0.4 is 4.74 Å². The highest BCUT2D eigenvalue weighted by molar-refractivity contribution is 5.87. The highest BCUT2D eigenvalue weighted by atomic mass is 16.5. The molecule has 4 heteroatoms. The lowest BCUT2D eigenvalue weighted by atomic mass is 9.89. The number of aromatic nitrogens is 3. The monoisotopic (exact) mass is 716 g/mol. The van der Waals surface area contributed by atoms with Crippen LogP contribution in [0.1, 0.15) is 31.9 Å². The summed E-state index contributed by atoms with van der Waals surface area (Å²) in [4.78, 5) is 13.5. The molecule has 0 amide bonds. The van der Waals surface area contributed by atoms with Gasteiger partial charge in [-0.15, -0.1) is 0 Å². The lowest BCUT2D eigenvalue weighted by molar-refractivity contribution is 0.416. The molecule has 8 aromatic rings. The smallest absolute Gasteiger partial charge is 0.127 e. The van der Waals surface area contributed by atoms with Crippen molar-refractivity contribution in [3.8, 4) is 61.8 Å². The molecule has 0 bridgehead atoms. The zero-order valence-electron chi connectivity index (χ0n) is 33.8. The van der Waals surface area contributed by atoms with Crippen LogP contribution in [0.15, 0.2) is 176 Å². The number of hydrogen-bond donors (Lipinski definition) is 0. The molecule has 0 fully saturated rings. The van der Waals surface area contributed by atoms with E-state index in [0.717, 1.165) is 76.0 Å². The van der Waals surface area contributed by atoms with Crippen LogP contribution in [0.25, 0.3) is 56.0 Å². The van der Waals surface area contributed by atoms with Crippen LogP contribution in [0.3, 0.4) is 0 Å². The Bertz CT molecular complexity index is 2500. The molecule has 0 saturated carbocycles. The topological polar surface area (TPSA) is 47.9 Å². The molecule has 55 heavy (non-hydrogen) atoms. The van der Waals surface area contributed by atoms with Crippen LogP contribution in [0.5, 0.6) is 5.75 Å². The number of hydrogen-bond acceptors (Lipinski definition) is 4. The van der Waals surface area contributed by atoms with Gasteiger partial charge >= 0.3 is 0 Å². The molecule has 0 saturated heterocycles. The molecule has 5 aromatic carbocycles. The molecule has 0 atom stereocenters. The van der Waals surface area contributed by atoms with Crippen molar-refractivity contribution < 1.29 is 8.85 Å². The predicted molar refractivity (Wildman–Crippen MR) is 226 cm³/mol. The molecule has 0 N–H and O–H groups in total. The Balaban J connectivity index is 1.10. The van der Waals surface area contributed by atoms with E-state index < -0.39 is 6.85 Å². The molecule has 3 heterocycles. The van der Waals surface area contributed by atoms with Gasteiger partial charge in [0.15, 0.2) is 0 Å². The first-order valence-electron chi connectivity index (χ1n) is 20.2. The Morgan fingerprint density at radius 1 is 0.436 bits per heavy atom.